The molecule has 3 aromatic rings. The average Bonchev–Trinajstić information content (AvgIpc) is 3.58. The molecule has 2 fully saturated rings. The number of aliphatic hydroxyl groups is 2. The number of fused-ring (bicyclic) bond motifs is 1. The molecule has 2 saturated heterocycles. The second-order valence-electron chi connectivity index (χ2n) is 8.81. The number of thiol groups is 1. The molecular weight excluding hydrogens is 561 g/mol. The van der Waals surface area contributed by atoms with Crippen LogP contribution < -0.4 is 17.0 Å². The number of nitrogens with two attached hydrogens (primary N) is 1. The molecule has 0 bridgehead atoms. The van der Waals surface area contributed by atoms with Crippen LogP contribution >= 0.6 is 19.0 Å². The monoisotopic (exact) mass is 587 g/mol. The minimum absolute atomic E-state index is 0.158. The Morgan fingerprint density at radius 2 is 2.03 bits per heavy atom. The molecule has 5 heterocycles. The van der Waals surface area contributed by atoms with E-state index in [4.69, 9.17) is 29.0 Å². The number of hydrogen-bond donors (Lipinski definition) is 5. The Bertz CT molecular complexity index is 1500. The van der Waals surface area contributed by atoms with Crippen LogP contribution in [0.4, 0.5) is 5.82 Å². The molecule has 19 heteroatoms. The van der Waals surface area contributed by atoms with Crippen molar-refractivity contribution in [3.05, 3.63) is 45.8 Å². The molecule has 0 spiro atoms. The third-order valence-electron chi connectivity index (χ3n) is 6.42. The van der Waals surface area contributed by atoms with E-state index in [1.165, 1.54) is 26.0 Å². The van der Waals surface area contributed by atoms with Crippen LogP contribution in [0.1, 0.15) is 18.9 Å². The van der Waals surface area contributed by atoms with Crippen LogP contribution in [0.15, 0.2) is 34.5 Å². The van der Waals surface area contributed by atoms with Gasteiger partial charge >= 0.3 is 12.5 Å². The number of nitrogen functional groups attached to an aromatic ring is 1. The summed E-state index contributed by atoms with van der Waals surface area (Å²) in [6.45, 7) is -5.09. The van der Waals surface area contributed by atoms with Crippen molar-refractivity contribution in [2.75, 3.05) is 26.1 Å². The highest BCUT2D eigenvalue weighted by Gasteiger charge is 2.50. The van der Waals surface area contributed by atoms with E-state index < -0.39 is 67.6 Å². The Morgan fingerprint density at radius 1 is 1.23 bits per heavy atom. The van der Waals surface area contributed by atoms with Crippen molar-refractivity contribution in [1.82, 2.24) is 29.1 Å². The van der Waals surface area contributed by atoms with Gasteiger partial charge in [-0.15, -0.1) is 0 Å². The summed E-state index contributed by atoms with van der Waals surface area (Å²) in [7, 11) is 1.30. The van der Waals surface area contributed by atoms with Crippen LogP contribution in [0.5, 0.6) is 0 Å². The highest BCUT2D eigenvalue weighted by atomic mass is 32.7. The fourth-order valence-electron chi connectivity index (χ4n) is 4.55. The quantitative estimate of drug-likeness (QED) is 0.149. The predicted octanol–water partition coefficient (Wildman–Crippen LogP) is -1.05. The molecule has 5 N–H and O–H groups in total. The number of aromatic amines is 1. The Labute approximate surface area is 224 Å². The maximum atomic E-state index is 13.2. The van der Waals surface area contributed by atoms with Crippen LogP contribution in [0.25, 0.3) is 11.2 Å². The SMILES string of the molecule is COC1C(O[P@@](=O)(S)OC[C@H]2O[C@@H](n3cnc4c(N)ncnc43)CC2O)[C@@H](CO)O[C@H]1n1ccc(=O)[nH]c1=O. The van der Waals surface area contributed by atoms with Crippen molar-refractivity contribution in [2.24, 2.45) is 0 Å². The van der Waals surface area contributed by atoms with Crippen LogP contribution in [0.3, 0.4) is 0 Å². The van der Waals surface area contributed by atoms with Gasteiger partial charge < -0.3 is 30.2 Å². The van der Waals surface area contributed by atoms with Gasteiger partial charge in [-0.05, 0) is 0 Å². The van der Waals surface area contributed by atoms with Crippen molar-refractivity contribution in [3.63, 3.8) is 0 Å². The Kier molecular flexibility index (Phi) is 7.91. The van der Waals surface area contributed by atoms with Gasteiger partial charge in [-0.3, -0.25) is 28.0 Å². The number of aromatic nitrogens is 6. The Hall–Kier alpha value is -2.67. The number of imidazole rings is 1. The average molecular weight is 588 g/mol. The molecule has 2 aliphatic heterocycles. The van der Waals surface area contributed by atoms with E-state index in [0.29, 0.717) is 11.2 Å². The summed E-state index contributed by atoms with van der Waals surface area (Å²) in [5.41, 5.74) is 5.24. The first-order chi connectivity index (χ1) is 18.6. The fraction of sp³-hybridized carbons (Fsp3) is 0.550. The van der Waals surface area contributed by atoms with Crippen LogP contribution in [-0.4, -0.2) is 90.1 Å². The van der Waals surface area contributed by atoms with Gasteiger partial charge in [-0.25, -0.2) is 24.3 Å². The van der Waals surface area contributed by atoms with E-state index in [1.807, 2.05) is 0 Å². The van der Waals surface area contributed by atoms with Gasteiger partial charge in [-0.1, -0.05) is 12.2 Å². The van der Waals surface area contributed by atoms with Crippen molar-refractivity contribution >= 4 is 36.0 Å². The molecule has 0 radical (unpaired) electrons. The first-order valence-corrected chi connectivity index (χ1v) is 14.3. The molecule has 3 aromatic heterocycles. The maximum absolute atomic E-state index is 13.2. The first-order valence-electron chi connectivity index (χ1n) is 11.6. The van der Waals surface area contributed by atoms with E-state index in [1.54, 1.807) is 4.57 Å². The molecule has 0 aliphatic carbocycles. The lowest BCUT2D eigenvalue weighted by atomic mass is 10.1. The number of rotatable bonds is 9. The smallest absolute Gasteiger partial charge is 0.386 e. The molecular formula is C20H26N7O10PS. The summed E-state index contributed by atoms with van der Waals surface area (Å²) in [6, 6.07) is 1.11. The third-order valence-corrected chi connectivity index (χ3v) is 8.04. The van der Waals surface area contributed by atoms with Crippen molar-refractivity contribution < 1.29 is 38.0 Å². The van der Waals surface area contributed by atoms with E-state index in [9.17, 15) is 24.4 Å². The summed E-state index contributed by atoms with van der Waals surface area (Å²) in [5, 5.41) is 20.4. The number of nitrogens with one attached hydrogen (secondary N) is 1. The van der Waals surface area contributed by atoms with Crippen molar-refractivity contribution in [2.45, 2.75) is 49.4 Å². The van der Waals surface area contributed by atoms with Gasteiger partial charge in [0.2, 0.25) is 0 Å². The lowest BCUT2D eigenvalue weighted by Gasteiger charge is -2.26. The molecule has 8 atom stereocenters. The second-order valence-corrected chi connectivity index (χ2v) is 11.7. The lowest BCUT2D eigenvalue weighted by Crippen LogP contribution is -2.39. The molecule has 3 unspecified atom stereocenters. The molecule has 0 aromatic carbocycles. The summed E-state index contributed by atoms with van der Waals surface area (Å²) >= 11 is 4.03. The number of anilines is 1. The van der Waals surface area contributed by atoms with E-state index in [0.717, 1.165) is 10.6 Å². The fourth-order valence-corrected chi connectivity index (χ4v) is 6.04. The maximum Gasteiger partial charge on any atom is 0.386 e. The summed E-state index contributed by atoms with van der Waals surface area (Å²) in [6.07, 6.45) is -2.89. The van der Waals surface area contributed by atoms with Crippen LogP contribution in [0.2, 0.25) is 0 Å². The van der Waals surface area contributed by atoms with Gasteiger partial charge in [-0.2, -0.15) is 0 Å². The van der Waals surface area contributed by atoms with Crippen LogP contribution in [0, 0.1) is 0 Å². The van der Waals surface area contributed by atoms with Crippen molar-refractivity contribution in [1.29, 1.82) is 0 Å². The molecule has 5 rings (SSSR count). The van der Waals surface area contributed by atoms with Gasteiger partial charge in [0.15, 0.2) is 17.7 Å². The minimum atomic E-state index is -4.15. The normalized spacial score (nSPS) is 30.6. The van der Waals surface area contributed by atoms with E-state index >= 15 is 0 Å². The molecule has 39 heavy (non-hydrogen) atoms. The number of aliphatic hydroxyl groups excluding tert-OH is 2. The standard InChI is InChI=1S/C20H26N7O10PS/c1-33-16-15(10(5-28)36-19(16)26-3-2-12(30)25-20(26)31)37-38(32,39)34-6-11-9(29)4-13(35-11)27-8-24-14-17(21)22-7-23-18(14)27/h2-3,7-11,13,15-16,19,28-29H,4-6H2,1H3,(H,32,39)(H2,21,22,23)(H,25,30,31)/t9?,10-,11-,13-,15?,16?,19-,38+/m1/s1. The third kappa shape index (κ3) is 5.52. The number of nitrogens with zero attached hydrogens (tertiary/aromatic N) is 5. The zero-order valence-corrected chi connectivity index (χ0v) is 22.1. The second kappa shape index (κ2) is 11.1. The van der Waals surface area contributed by atoms with Gasteiger partial charge in [0.25, 0.3) is 5.56 Å². The molecule has 212 valence electrons. The highest BCUT2D eigenvalue weighted by Crippen LogP contribution is 2.56. The zero-order chi connectivity index (χ0) is 27.9. The molecule has 0 saturated carbocycles. The van der Waals surface area contributed by atoms with Crippen LogP contribution in [-0.2, 0) is 27.8 Å². The first kappa shape index (κ1) is 27.9. The summed E-state index contributed by atoms with van der Waals surface area (Å²) < 4.78 is 43.9. The molecule has 2 aliphatic rings. The van der Waals surface area contributed by atoms with Crippen molar-refractivity contribution in [3.8, 4) is 0 Å². The molecule has 17 nitrogen and oxygen atoms in total. The predicted molar refractivity (Wildman–Crippen MR) is 135 cm³/mol. The minimum Gasteiger partial charge on any atom is -0.394 e. The molecule has 0 amide bonds. The van der Waals surface area contributed by atoms with Gasteiger partial charge in [0.1, 0.15) is 42.5 Å². The Morgan fingerprint density at radius 3 is 2.74 bits per heavy atom. The topological polar surface area (TPSA) is 228 Å². The summed E-state index contributed by atoms with van der Waals surface area (Å²) in [5.74, 6) is 0.199. The number of ether oxygens (including phenoxy) is 3. The van der Waals surface area contributed by atoms with E-state index in [2.05, 4.69) is 32.2 Å². The lowest BCUT2D eigenvalue weighted by molar-refractivity contribution is -0.0625. The van der Waals surface area contributed by atoms with Gasteiger partial charge in [0, 0.05) is 25.8 Å². The zero-order valence-electron chi connectivity index (χ0n) is 20.3. The number of methoxy groups -OCH3 is 1. The number of hydrogen-bond acceptors (Lipinski definition) is 14. The Balaban J connectivity index is 1.26. The largest absolute Gasteiger partial charge is 0.394 e. The van der Waals surface area contributed by atoms with E-state index in [-0.39, 0.29) is 18.8 Å². The van der Waals surface area contributed by atoms with Gasteiger partial charge in [0.05, 0.1) is 25.6 Å². The highest BCUT2D eigenvalue weighted by molar-refractivity contribution is 8.44. The summed E-state index contributed by atoms with van der Waals surface area (Å²) in [4.78, 5) is 38.0. The number of H-pyrrole nitrogens is 1.